The van der Waals surface area contributed by atoms with Crippen molar-refractivity contribution >= 4 is 5.91 Å². The molecule has 0 spiro atoms. The molecule has 2 N–H and O–H groups in total. The summed E-state index contributed by atoms with van der Waals surface area (Å²) in [5, 5.41) is 11.8. The average molecular weight is 235 g/mol. The molecule has 0 heterocycles. The normalized spacial score (nSPS) is 14.1. The maximum Gasteiger partial charge on any atom is 0.227 e. The molecule has 2 unspecified atom stereocenters. The summed E-state index contributed by atoms with van der Waals surface area (Å²) in [5.41, 5.74) is 1.05. The van der Waals surface area contributed by atoms with E-state index >= 15 is 0 Å². The first-order valence-electron chi connectivity index (χ1n) is 6.12. The van der Waals surface area contributed by atoms with Crippen molar-refractivity contribution in [2.75, 3.05) is 13.2 Å². The van der Waals surface area contributed by atoms with E-state index in [0.29, 0.717) is 6.54 Å². The molecule has 0 saturated heterocycles. The zero-order valence-corrected chi connectivity index (χ0v) is 10.5. The van der Waals surface area contributed by atoms with Gasteiger partial charge in [-0.15, -0.1) is 0 Å². The highest BCUT2D eigenvalue weighted by Crippen LogP contribution is 2.19. The maximum absolute atomic E-state index is 12.0. The minimum atomic E-state index is -0.0953. The van der Waals surface area contributed by atoms with Crippen LogP contribution in [0.5, 0.6) is 0 Å². The SMILES string of the molecule is CCC(C(=O)NCC(C)CO)c1ccccc1. The predicted octanol–water partition coefficient (Wildman–Crippen LogP) is 1.92. The van der Waals surface area contributed by atoms with Gasteiger partial charge in [0.25, 0.3) is 0 Å². The molecule has 1 rings (SSSR count). The number of amides is 1. The Balaban J connectivity index is 2.59. The van der Waals surface area contributed by atoms with Crippen LogP contribution in [0.15, 0.2) is 30.3 Å². The molecule has 94 valence electrons. The Morgan fingerprint density at radius 1 is 1.35 bits per heavy atom. The van der Waals surface area contributed by atoms with E-state index < -0.39 is 0 Å². The fourth-order valence-electron chi connectivity index (χ4n) is 1.72. The Morgan fingerprint density at radius 3 is 2.53 bits per heavy atom. The molecule has 0 aromatic heterocycles. The number of aliphatic hydroxyl groups is 1. The van der Waals surface area contributed by atoms with E-state index in [1.807, 2.05) is 44.2 Å². The zero-order chi connectivity index (χ0) is 12.7. The van der Waals surface area contributed by atoms with E-state index in [9.17, 15) is 4.79 Å². The van der Waals surface area contributed by atoms with Crippen LogP contribution in [0.4, 0.5) is 0 Å². The Kier molecular flexibility index (Phi) is 5.70. The lowest BCUT2D eigenvalue weighted by Crippen LogP contribution is -2.33. The van der Waals surface area contributed by atoms with Crippen molar-refractivity contribution in [1.82, 2.24) is 5.32 Å². The van der Waals surface area contributed by atoms with Gasteiger partial charge in [0, 0.05) is 13.2 Å². The minimum Gasteiger partial charge on any atom is -0.396 e. The van der Waals surface area contributed by atoms with Crippen molar-refractivity contribution < 1.29 is 9.90 Å². The Labute approximate surface area is 103 Å². The van der Waals surface area contributed by atoms with Crippen molar-refractivity contribution in [3.05, 3.63) is 35.9 Å². The van der Waals surface area contributed by atoms with Crippen molar-refractivity contribution in [1.29, 1.82) is 0 Å². The summed E-state index contributed by atoms with van der Waals surface area (Å²) in [6, 6.07) is 9.79. The highest BCUT2D eigenvalue weighted by Gasteiger charge is 2.18. The van der Waals surface area contributed by atoms with Gasteiger partial charge >= 0.3 is 0 Å². The Morgan fingerprint density at radius 2 is 2.00 bits per heavy atom. The van der Waals surface area contributed by atoms with Gasteiger partial charge in [0.05, 0.1) is 5.92 Å². The first kappa shape index (κ1) is 13.7. The van der Waals surface area contributed by atoms with Crippen molar-refractivity contribution in [2.45, 2.75) is 26.2 Å². The molecule has 3 nitrogen and oxygen atoms in total. The summed E-state index contributed by atoms with van der Waals surface area (Å²) in [5.74, 6) is 0.0494. The topological polar surface area (TPSA) is 49.3 Å². The van der Waals surface area contributed by atoms with Crippen molar-refractivity contribution in [3.63, 3.8) is 0 Å². The second kappa shape index (κ2) is 7.07. The molecule has 3 heteroatoms. The van der Waals surface area contributed by atoms with Gasteiger partial charge in [0.2, 0.25) is 5.91 Å². The van der Waals surface area contributed by atoms with E-state index in [4.69, 9.17) is 5.11 Å². The van der Waals surface area contributed by atoms with Gasteiger partial charge in [-0.05, 0) is 17.9 Å². The summed E-state index contributed by atoms with van der Waals surface area (Å²) < 4.78 is 0. The number of carbonyl (C=O) groups is 1. The van der Waals surface area contributed by atoms with Gasteiger partial charge in [-0.3, -0.25) is 4.79 Å². The smallest absolute Gasteiger partial charge is 0.227 e. The van der Waals surface area contributed by atoms with Crippen LogP contribution in [0, 0.1) is 5.92 Å². The maximum atomic E-state index is 12.0. The summed E-state index contributed by atoms with van der Waals surface area (Å²) >= 11 is 0. The molecule has 0 aliphatic rings. The molecular weight excluding hydrogens is 214 g/mol. The molecule has 1 amide bonds. The first-order valence-corrected chi connectivity index (χ1v) is 6.12. The number of aliphatic hydroxyl groups excluding tert-OH is 1. The third-order valence-corrected chi connectivity index (χ3v) is 2.86. The summed E-state index contributed by atoms with van der Waals surface area (Å²) in [6.45, 7) is 4.54. The lowest BCUT2D eigenvalue weighted by molar-refractivity contribution is -0.122. The molecule has 1 aromatic carbocycles. The van der Waals surface area contributed by atoms with E-state index in [0.717, 1.165) is 12.0 Å². The first-order chi connectivity index (χ1) is 8.19. The number of rotatable bonds is 6. The number of hydrogen-bond donors (Lipinski definition) is 2. The van der Waals surface area contributed by atoms with Crippen LogP contribution in [0.25, 0.3) is 0 Å². The van der Waals surface area contributed by atoms with Gasteiger partial charge in [-0.25, -0.2) is 0 Å². The second-order valence-electron chi connectivity index (χ2n) is 4.40. The van der Waals surface area contributed by atoms with E-state index in [1.165, 1.54) is 0 Å². The third-order valence-electron chi connectivity index (χ3n) is 2.86. The predicted molar refractivity (Wildman–Crippen MR) is 68.7 cm³/mol. The molecule has 0 aliphatic heterocycles. The van der Waals surface area contributed by atoms with Gasteiger partial charge in [0.1, 0.15) is 0 Å². The van der Waals surface area contributed by atoms with Gasteiger partial charge in [-0.2, -0.15) is 0 Å². The zero-order valence-electron chi connectivity index (χ0n) is 10.5. The van der Waals surface area contributed by atoms with Crippen LogP contribution in [0.2, 0.25) is 0 Å². The summed E-state index contributed by atoms with van der Waals surface area (Å²) in [7, 11) is 0. The molecular formula is C14H21NO2. The van der Waals surface area contributed by atoms with Crippen LogP contribution < -0.4 is 5.32 Å². The largest absolute Gasteiger partial charge is 0.396 e. The molecule has 17 heavy (non-hydrogen) atoms. The molecule has 0 saturated carbocycles. The minimum absolute atomic E-state index is 0.0407. The fourth-order valence-corrected chi connectivity index (χ4v) is 1.72. The molecule has 0 radical (unpaired) electrons. The molecule has 0 fully saturated rings. The monoisotopic (exact) mass is 235 g/mol. The van der Waals surface area contributed by atoms with E-state index in [2.05, 4.69) is 5.32 Å². The Bertz CT molecular complexity index is 337. The highest BCUT2D eigenvalue weighted by atomic mass is 16.3. The third kappa shape index (κ3) is 4.19. The fraction of sp³-hybridized carbons (Fsp3) is 0.500. The van der Waals surface area contributed by atoms with E-state index in [1.54, 1.807) is 0 Å². The van der Waals surface area contributed by atoms with Gasteiger partial charge in [0.15, 0.2) is 0 Å². The second-order valence-corrected chi connectivity index (χ2v) is 4.40. The van der Waals surface area contributed by atoms with Crippen LogP contribution in [0.3, 0.4) is 0 Å². The van der Waals surface area contributed by atoms with Crippen LogP contribution in [-0.2, 0) is 4.79 Å². The summed E-state index contributed by atoms with van der Waals surface area (Å²) in [4.78, 5) is 12.0. The number of nitrogens with one attached hydrogen (secondary N) is 1. The van der Waals surface area contributed by atoms with E-state index in [-0.39, 0.29) is 24.3 Å². The summed E-state index contributed by atoms with van der Waals surface area (Å²) in [6.07, 6.45) is 0.781. The van der Waals surface area contributed by atoms with Gasteiger partial charge < -0.3 is 10.4 Å². The molecule has 1 aromatic rings. The van der Waals surface area contributed by atoms with Gasteiger partial charge in [-0.1, -0.05) is 44.2 Å². The molecule has 2 atom stereocenters. The lowest BCUT2D eigenvalue weighted by Gasteiger charge is -2.17. The molecule has 0 bridgehead atoms. The van der Waals surface area contributed by atoms with Crippen LogP contribution >= 0.6 is 0 Å². The average Bonchev–Trinajstić information content (AvgIpc) is 2.38. The van der Waals surface area contributed by atoms with Crippen molar-refractivity contribution in [2.24, 2.45) is 5.92 Å². The number of carbonyl (C=O) groups excluding carboxylic acids is 1. The lowest BCUT2D eigenvalue weighted by atomic mass is 9.95. The van der Waals surface area contributed by atoms with Crippen molar-refractivity contribution in [3.8, 4) is 0 Å². The Hall–Kier alpha value is -1.35. The quantitative estimate of drug-likeness (QED) is 0.791. The standard InChI is InChI=1S/C14H21NO2/c1-3-13(12-7-5-4-6-8-12)14(17)15-9-11(2)10-16/h4-8,11,13,16H,3,9-10H2,1-2H3,(H,15,17). The van der Waals surface area contributed by atoms with Crippen LogP contribution in [-0.4, -0.2) is 24.2 Å². The van der Waals surface area contributed by atoms with Crippen LogP contribution in [0.1, 0.15) is 31.7 Å². The molecule has 0 aliphatic carbocycles. The number of benzene rings is 1. The highest BCUT2D eigenvalue weighted by molar-refractivity contribution is 5.83. The number of hydrogen-bond acceptors (Lipinski definition) is 2.